The van der Waals surface area contributed by atoms with Crippen molar-refractivity contribution in [2.45, 2.75) is 56.3 Å². The summed E-state index contributed by atoms with van der Waals surface area (Å²) >= 11 is 0. The standard InChI is InChI=1S/C18H25N5O4/c1-18(15(26)14(25)12(8-24)27-18)23-10-21-13-16(19-9-20-17(13)23)22(2)11-6-4-3-5-7-11/h3-4,9-12,14-15,24-26H,5-8H2,1-2H3/t11?,12-,14-,15-,18-/m1/s1. The zero-order chi connectivity index (χ0) is 19.2. The molecule has 0 saturated carbocycles. The zero-order valence-corrected chi connectivity index (χ0v) is 15.4. The van der Waals surface area contributed by atoms with E-state index in [1.807, 2.05) is 7.05 Å². The lowest BCUT2D eigenvalue weighted by molar-refractivity contribution is -0.132. The molecule has 9 heteroatoms. The number of allylic oxidation sites excluding steroid dienone is 1. The van der Waals surface area contributed by atoms with Crippen LogP contribution in [0.5, 0.6) is 0 Å². The van der Waals surface area contributed by atoms with E-state index >= 15 is 0 Å². The molecule has 5 atom stereocenters. The van der Waals surface area contributed by atoms with E-state index in [1.165, 1.54) is 12.7 Å². The van der Waals surface area contributed by atoms with Gasteiger partial charge in [-0.05, 0) is 26.2 Å². The van der Waals surface area contributed by atoms with Crippen molar-refractivity contribution in [1.82, 2.24) is 19.5 Å². The van der Waals surface area contributed by atoms with E-state index in [1.54, 1.807) is 11.5 Å². The molecule has 0 aromatic carbocycles. The summed E-state index contributed by atoms with van der Waals surface area (Å²) in [4.78, 5) is 15.4. The summed E-state index contributed by atoms with van der Waals surface area (Å²) in [6.45, 7) is 1.26. The van der Waals surface area contributed by atoms with E-state index in [-0.39, 0.29) is 0 Å². The van der Waals surface area contributed by atoms with Crippen molar-refractivity contribution in [3.05, 3.63) is 24.8 Å². The number of ether oxygens (including phenoxy) is 1. The number of hydrogen-bond acceptors (Lipinski definition) is 8. The van der Waals surface area contributed by atoms with Crippen LogP contribution in [0.25, 0.3) is 11.2 Å². The van der Waals surface area contributed by atoms with Crippen LogP contribution in [-0.4, -0.2) is 72.8 Å². The minimum absolute atomic E-state index is 0.336. The summed E-state index contributed by atoms with van der Waals surface area (Å²) in [5.74, 6) is 0.717. The summed E-state index contributed by atoms with van der Waals surface area (Å²) < 4.78 is 7.38. The van der Waals surface area contributed by atoms with Gasteiger partial charge in [0.2, 0.25) is 0 Å². The molecule has 2 aliphatic rings. The van der Waals surface area contributed by atoms with Crippen LogP contribution in [-0.2, 0) is 10.5 Å². The second-order valence-corrected chi connectivity index (χ2v) is 7.36. The van der Waals surface area contributed by atoms with Crippen LogP contribution < -0.4 is 4.90 Å². The van der Waals surface area contributed by atoms with Gasteiger partial charge in [0.1, 0.15) is 24.6 Å². The summed E-state index contributed by atoms with van der Waals surface area (Å²) in [5.41, 5.74) is -0.182. The molecule has 2 aromatic rings. The second-order valence-electron chi connectivity index (χ2n) is 7.36. The lowest BCUT2D eigenvalue weighted by Crippen LogP contribution is -2.43. The Balaban J connectivity index is 1.74. The molecule has 0 amide bonds. The number of imidazole rings is 1. The fraction of sp³-hybridized carbons (Fsp3) is 0.611. The third kappa shape index (κ3) is 2.82. The number of hydrogen-bond donors (Lipinski definition) is 3. The van der Waals surface area contributed by atoms with Gasteiger partial charge in [0.05, 0.1) is 12.9 Å². The number of rotatable bonds is 4. The number of anilines is 1. The molecule has 1 aliphatic heterocycles. The van der Waals surface area contributed by atoms with Crippen LogP contribution >= 0.6 is 0 Å². The maximum atomic E-state index is 10.5. The van der Waals surface area contributed by atoms with Gasteiger partial charge in [-0.15, -0.1) is 0 Å². The van der Waals surface area contributed by atoms with E-state index in [9.17, 15) is 15.3 Å². The van der Waals surface area contributed by atoms with Crippen LogP contribution in [0.3, 0.4) is 0 Å². The van der Waals surface area contributed by atoms with Gasteiger partial charge in [-0.25, -0.2) is 15.0 Å². The first-order valence-corrected chi connectivity index (χ1v) is 9.18. The van der Waals surface area contributed by atoms with Gasteiger partial charge in [-0.2, -0.15) is 0 Å². The van der Waals surface area contributed by atoms with Crippen molar-refractivity contribution in [3.8, 4) is 0 Å². The SMILES string of the molecule is CN(c1ncnc2c1ncn2[C@]1(C)O[C@H](CO)[C@@H](O)[C@H]1O)C1CC=CCC1. The number of nitrogens with zero attached hydrogens (tertiary/aromatic N) is 5. The molecule has 1 fully saturated rings. The Morgan fingerprint density at radius 1 is 1.30 bits per heavy atom. The highest BCUT2D eigenvalue weighted by molar-refractivity contribution is 5.83. The Morgan fingerprint density at radius 3 is 2.78 bits per heavy atom. The average molecular weight is 375 g/mol. The normalized spacial score (nSPS) is 33.7. The largest absolute Gasteiger partial charge is 0.394 e. The zero-order valence-electron chi connectivity index (χ0n) is 15.4. The predicted molar refractivity (Wildman–Crippen MR) is 98.1 cm³/mol. The molecule has 1 unspecified atom stereocenters. The number of aromatic nitrogens is 4. The van der Waals surface area contributed by atoms with E-state index in [0.29, 0.717) is 17.2 Å². The Kier molecular flexibility index (Phi) is 4.63. The fourth-order valence-electron chi connectivity index (χ4n) is 4.02. The first-order valence-electron chi connectivity index (χ1n) is 9.18. The lowest BCUT2D eigenvalue weighted by atomic mass is 10.0. The summed E-state index contributed by atoms with van der Waals surface area (Å²) in [6.07, 6.45) is 7.11. The van der Waals surface area contributed by atoms with Crippen LogP contribution in [0.4, 0.5) is 5.82 Å². The van der Waals surface area contributed by atoms with Gasteiger partial charge in [0, 0.05) is 13.1 Å². The Hall–Kier alpha value is -2.07. The molecule has 0 radical (unpaired) electrons. The summed E-state index contributed by atoms with van der Waals surface area (Å²) in [7, 11) is 2.00. The van der Waals surface area contributed by atoms with Crippen LogP contribution in [0, 0.1) is 0 Å². The summed E-state index contributed by atoms with van der Waals surface area (Å²) in [6, 6.07) is 0.336. The van der Waals surface area contributed by atoms with E-state index in [2.05, 4.69) is 32.0 Å². The molecule has 27 heavy (non-hydrogen) atoms. The minimum Gasteiger partial charge on any atom is -0.394 e. The fourth-order valence-corrected chi connectivity index (χ4v) is 4.02. The molecule has 0 spiro atoms. The molecule has 3 N–H and O–H groups in total. The van der Waals surface area contributed by atoms with Crippen molar-refractivity contribution in [3.63, 3.8) is 0 Å². The van der Waals surface area contributed by atoms with Crippen LogP contribution in [0.1, 0.15) is 26.2 Å². The van der Waals surface area contributed by atoms with Gasteiger partial charge in [-0.1, -0.05) is 12.2 Å². The molecule has 146 valence electrons. The smallest absolute Gasteiger partial charge is 0.173 e. The van der Waals surface area contributed by atoms with Crippen molar-refractivity contribution >= 4 is 17.0 Å². The molecular formula is C18H25N5O4. The number of aliphatic hydroxyl groups excluding tert-OH is 3. The average Bonchev–Trinajstić information content (AvgIpc) is 3.24. The highest BCUT2D eigenvalue weighted by Gasteiger charge is 2.53. The van der Waals surface area contributed by atoms with Crippen molar-refractivity contribution < 1.29 is 20.1 Å². The number of fused-ring (bicyclic) bond motifs is 1. The Morgan fingerprint density at radius 2 is 2.11 bits per heavy atom. The van der Waals surface area contributed by atoms with Gasteiger partial charge in [0.15, 0.2) is 22.7 Å². The van der Waals surface area contributed by atoms with Crippen LogP contribution in [0.15, 0.2) is 24.8 Å². The van der Waals surface area contributed by atoms with E-state index in [4.69, 9.17) is 4.74 Å². The third-order valence-corrected chi connectivity index (χ3v) is 5.74. The van der Waals surface area contributed by atoms with Gasteiger partial charge in [-0.3, -0.25) is 4.57 Å². The van der Waals surface area contributed by atoms with Crippen molar-refractivity contribution in [2.24, 2.45) is 0 Å². The maximum Gasteiger partial charge on any atom is 0.173 e. The van der Waals surface area contributed by atoms with Gasteiger partial charge >= 0.3 is 0 Å². The Labute approximate surface area is 156 Å². The molecule has 9 nitrogen and oxygen atoms in total. The molecule has 4 rings (SSSR count). The topological polar surface area (TPSA) is 117 Å². The second kappa shape index (κ2) is 6.83. The molecule has 1 saturated heterocycles. The molecule has 2 aromatic heterocycles. The number of aliphatic hydroxyl groups is 3. The van der Waals surface area contributed by atoms with E-state index < -0.39 is 30.6 Å². The first-order chi connectivity index (χ1) is 13.0. The highest BCUT2D eigenvalue weighted by atomic mass is 16.6. The molecule has 3 heterocycles. The van der Waals surface area contributed by atoms with Crippen molar-refractivity contribution in [2.75, 3.05) is 18.6 Å². The monoisotopic (exact) mass is 375 g/mol. The van der Waals surface area contributed by atoms with Gasteiger partial charge < -0.3 is 25.0 Å². The first kappa shape index (κ1) is 18.3. The minimum atomic E-state index is -1.29. The predicted octanol–water partition coefficient (Wildman–Crippen LogP) is 0.157. The molecule has 0 bridgehead atoms. The maximum absolute atomic E-state index is 10.5. The molecular weight excluding hydrogens is 350 g/mol. The van der Waals surface area contributed by atoms with E-state index in [0.717, 1.165) is 25.1 Å². The third-order valence-electron chi connectivity index (χ3n) is 5.74. The quantitative estimate of drug-likeness (QED) is 0.647. The highest BCUT2D eigenvalue weighted by Crippen LogP contribution is 2.38. The van der Waals surface area contributed by atoms with Gasteiger partial charge in [0.25, 0.3) is 0 Å². The lowest BCUT2D eigenvalue weighted by Gasteiger charge is -2.31. The van der Waals surface area contributed by atoms with Crippen LogP contribution in [0.2, 0.25) is 0 Å². The van der Waals surface area contributed by atoms with Crippen molar-refractivity contribution in [1.29, 1.82) is 0 Å². The Bertz CT molecular complexity index is 855. The molecule has 1 aliphatic carbocycles. The summed E-state index contributed by atoms with van der Waals surface area (Å²) in [5, 5.41) is 30.1.